The van der Waals surface area contributed by atoms with Crippen LogP contribution in [0.15, 0.2) is 36.5 Å². The highest BCUT2D eigenvalue weighted by atomic mass is 19.1. The van der Waals surface area contributed by atoms with Gasteiger partial charge in [-0.2, -0.15) is 0 Å². The van der Waals surface area contributed by atoms with E-state index in [1.807, 2.05) is 25.1 Å². The predicted molar refractivity (Wildman–Crippen MR) is 68.0 cm³/mol. The van der Waals surface area contributed by atoms with Gasteiger partial charge in [-0.1, -0.05) is 25.1 Å². The Balaban J connectivity index is 2.34. The normalized spacial score (nSPS) is 10.4. The van der Waals surface area contributed by atoms with Crippen molar-refractivity contribution >= 4 is 0 Å². The Morgan fingerprint density at radius 1 is 1.22 bits per heavy atom. The number of pyridine rings is 1. The SMILES string of the molecule is CCc1ccccc1Oc1nccc(CN)c1F. The summed E-state index contributed by atoms with van der Waals surface area (Å²) in [7, 11) is 0. The summed E-state index contributed by atoms with van der Waals surface area (Å²) in [4.78, 5) is 3.90. The van der Waals surface area contributed by atoms with Crippen molar-refractivity contribution in [3.63, 3.8) is 0 Å². The summed E-state index contributed by atoms with van der Waals surface area (Å²) < 4.78 is 19.5. The molecule has 1 heterocycles. The summed E-state index contributed by atoms with van der Waals surface area (Å²) in [6.07, 6.45) is 2.31. The van der Waals surface area contributed by atoms with Crippen LogP contribution in [0.5, 0.6) is 11.6 Å². The van der Waals surface area contributed by atoms with Crippen molar-refractivity contribution in [1.29, 1.82) is 0 Å². The minimum absolute atomic E-state index is 0.0288. The van der Waals surface area contributed by atoms with Crippen LogP contribution in [0.1, 0.15) is 18.1 Å². The van der Waals surface area contributed by atoms with Gasteiger partial charge in [0.1, 0.15) is 5.75 Å². The quantitative estimate of drug-likeness (QED) is 0.902. The molecule has 0 bridgehead atoms. The van der Waals surface area contributed by atoms with Gasteiger partial charge < -0.3 is 10.5 Å². The molecule has 1 aromatic heterocycles. The predicted octanol–water partition coefficient (Wildman–Crippen LogP) is 3.03. The Morgan fingerprint density at radius 3 is 2.72 bits per heavy atom. The number of nitrogens with zero attached hydrogens (tertiary/aromatic N) is 1. The molecular weight excluding hydrogens is 231 g/mol. The van der Waals surface area contributed by atoms with Crippen molar-refractivity contribution in [2.24, 2.45) is 5.73 Å². The molecule has 2 rings (SSSR count). The Bertz CT molecular complexity index is 543. The first-order valence-electron chi connectivity index (χ1n) is 5.85. The third-order valence-corrected chi connectivity index (χ3v) is 2.72. The maximum Gasteiger partial charge on any atom is 0.256 e. The summed E-state index contributed by atoms with van der Waals surface area (Å²) in [6.45, 7) is 2.14. The minimum atomic E-state index is -0.495. The number of para-hydroxylation sites is 1. The zero-order valence-corrected chi connectivity index (χ0v) is 10.2. The molecular formula is C14H15FN2O. The monoisotopic (exact) mass is 246 g/mol. The Morgan fingerprint density at radius 2 is 2.00 bits per heavy atom. The summed E-state index contributed by atoms with van der Waals surface area (Å²) in [6, 6.07) is 9.06. The minimum Gasteiger partial charge on any atom is -0.436 e. The first-order valence-corrected chi connectivity index (χ1v) is 5.85. The third-order valence-electron chi connectivity index (χ3n) is 2.72. The van der Waals surface area contributed by atoms with Gasteiger partial charge >= 0.3 is 0 Å². The number of halogens is 1. The Hall–Kier alpha value is -1.94. The number of hydrogen-bond donors (Lipinski definition) is 1. The second kappa shape index (κ2) is 5.60. The maximum absolute atomic E-state index is 13.9. The molecule has 0 unspecified atom stereocenters. The van der Waals surface area contributed by atoms with Crippen LogP contribution in [0, 0.1) is 5.82 Å². The van der Waals surface area contributed by atoms with Gasteiger partial charge in [0.2, 0.25) is 0 Å². The maximum atomic E-state index is 13.9. The van der Waals surface area contributed by atoms with Gasteiger partial charge in [-0.15, -0.1) is 0 Å². The second-order valence-electron chi connectivity index (χ2n) is 3.86. The topological polar surface area (TPSA) is 48.1 Å². The van der Waals surface area contributed by atoms with Crippen LogP contribution in [0.3, 0.4) is 0 Å². The Labute approximate surface area is 105 Å². The molecule has 2 N–H and O–H groups in total. The lowest BCUT2D eigenvalue weighted by atomic mass is 10.1. The van der Waals surface area contributed by atoms with Gasteiger partial charge in [0.25, 0.3) is 5.88 Å². The smallest absolute Gasteiger partial charge is 0.256 e. The summed E-state index contributed by atoms with van der Waals surface area (Å²) in [5.41, 5.74) is 6.85. The van der Waals surface area contributed by atoms with Crippen molar-refractivity contribution in [3.05, 3.63) is 53.5 Å². The van der Waals surface area contributed by atoms with Crippen molar-refractivity contribution in [2.75, 3.05) is 0 Å². The van der Waals surface area contributed by atoms with E-state index >= 15 is 0 Å². The first-order chi connectivity index (χ1) is 8.76. The van der Waals surface area contributed by atoms with Crippen LogP contribution in [-0.4, -0.2) is 4.98 Å². The molecule has 2 aromatic rings. The van der Waals surface area contributed by atoms with Gasteiger partial charge in [-0.05, 0) is 24.1 Å². The molecule has 0 saturated carbocycles. The van der Waals surface area contributed by atoms with Gasteiger partial charge in [-0.3, -0.25) is 0 Å². The summed E-state index contributed by atoms with van der Waals surface area (Å²) in [5.74, 6) is 0.102. The molecule has 0 aliphatic rings. The number of ether oxygens (including phenoxy) is 1. The van der Waals surface area contributed by atoms with Crippen molar-refractivity contribution in [2.45, 2.75) is 19.9 Å². The van der Waals surface area contributed by atoms with E-state index in [9.17, 15) is 4.39 Å². The number of benzene rings is 1. The fourth-order valence-corrected chi connectivity index (χ4v) is 1.69. The van der Waals surface area contributed by atoms with E-state index in [1.165, 1.54) is 6.20 Å². The van der Waals surface area contributed by atoms with Crippen LogP contribution in [0.4, 0.5) is 4.39 Å². The zero-order chi connectivity index (χ0) is 13.0. The molecule has 1 aromatic carbocycles. The van der Waals surface area contributed by atoms with Gasteiger partial charge in [-0.25, -0.2) is 9.37 Å². The standard InChI is InChI=1S/C14H15FN2O/c1-2-10-5-3-4-6-12(10)18-14-13(15)11(9-16)7-8-17-14/h3-8H,2,9,16H2,1H3. The van der Waals surface area contributed by atoms with Crippen LogP contribution in [0.2, 0.25) is 0 Å². The molecule has 94 valence electrons. The molecule has 0 aliphatic heterocycles. The van der Waals surface area contributed by atoms with E-state index in [1.54, 1.807) is 12.1 Å². The number of aromatic nitrogens is 1. The largest absolute Gasteiger partial charge is 0.436 e. The van der Waals surface area contributed by atoms with E-state index in [2.05, 4.69) is 4.98 Å². The lowest BCUT2D eigenvalue weighted by Crippen LogP contribution is -2.03. The van der Waals surface area contributed by atoms with E-state index in [0.717, 1.165) is 12.0 Å². The average Bonchev–Trinajstić information content (AvgIpc) is 2.42. The van der Waals surface area contributed by atoms with E-state index in [-0.39, 0.29) is 12.4 Å². The van der Waals surface area contributed by atoms with E-state index < -0.39 is 5.82 Å². The number of rotatable bonds is 4. The number of hydrogen-bond acceptors (Lipinski definition) is 3. The molecule has 0 radical (unpaired) electrons. The highest BCUT2D eigenvalue weighted by Gasteiger charge is 2.11. The summed E-state index contributed by atoms with van der Waals surface area (Å²) in [5, 5.41) is 0. The molecule has 0 spiro atoms. The van der Waals surface area contributed by atoms with Gasteiger partial charge in [0.15, 0.2) is 5.82 Å². The molecule has 0 amide bonds. The average molecular weight is 246 g/mol. The fraction of sp³-hybridized carbons (Fsp3) is 0.214. The van der Waals surface area contributed by atoms with Crippen LogP contribution < -0.4 is 10.5 Å². The van der Waals surface area contributed by atoms with Crippen LogP contribution in [-0.2, 0) is 13.0 Å². The molecule has 18 heavy (non-hydrogen) atoms. The highest BCUT2D eigenvalue weighted by Crippen LogP contribution is 2.27. The van der Waals surface area contributed by atoms with E-state index in [4.69, 9.17) is 10.5 Å². The second-order valence-corrected chi connectivity index (χ2v) is 3.86. The van der Waals surface area contributed by atoms with Gasteiger partial charge in [0.05, 0.1) is 0 Å². The van der Waals surface area contributed by atoms with Crippen molar-refractivity contribution in [1.82, 2.24) is 4.98 Å². The van der Waals surface area contributed by atoms with Crippen molar-refractivity contribution in [3.8, 4) is 11.6 Å². The molecule has 0 saturated heterocycles. The molecule has 3 nitrogen and oxygen atoms in total. The molecule has 0 fully saturated rings. The lowest BCUT2D eigenvalue weighted by Gasteiger charge is -2.10. The van der Waals surface area contributed by atoms with Gasteiger partial charge in [0, 0.05) is 18.3 Å². The van der Waals surface area contributed by atoms with Crippen LogP contribution >= 0.6 is 0 Å². The van der Waals surface area contributed by atoms with E-state index in [0.29, 0.717) is 11.3 Å². The van der Waals surface area contributed by atoms with Crippen LogP contribution in [0.25, 0.3) is 0 Å². The molecule has 0 aliphatic carbocycles. The zero-order valence-electron chi connectivity index (χ0n) is 10.2. The highest BCUT2D eigenvalue weighted by molar-refractivity contribution is 5.37. The molecule has 0 atom stereocenters. The molecule has 4 heteroatoms. The number of aryl methyl sites for hydroxylation is 1. The summed E-state index contributed by atoms with van der Waals surface area (Å²) >= 11 is 0. The van der Waals surface area contributed by atoms with Crippen molar-refractivity contribution < 1.29 is 9.13 Å². The third kappa shape index (κ3) is 2.49. The Kier molecular flexibility index (Phi) is 3.89. The lowest BCUT2D eigenvalue weighted by molar-refractivity contribution is 0.415. The fourth-order valence-electron chi connectivity index (χ4n) is 1.69. The first kappa shape index (κ1) is 12.5. The number of nitrogens with two attached hydrogens (primary N) is 1.